The van der Waals surface area contributed by atoms with Crippen molar-refractivity contribution < 1.29 is 19.4 Å². The van der Waals surface area contributed by atoms with Gasteiger partial charge in [0.2, 0.25) is 0 Å². The number of amides is 1. The van der Waals surface area contributed by atoms with Crippen LogP contribution >= 0.6 is 0 Å². The van der Waals surface area contributed by atoms with Gasteiger partial charge in [0.15, 0.2) is 0 Å². The van der Waals surface area contributed by atoms with Crippen molar-refractivity contribution >= 4 is 17.4 Å². The fourth-order valence-electron chi connectivity index (χ4n) is 4.33. The quantitative estimate of drug-likeness (QED) is 0.410. The van der Waals surface area contributed by atoms with Crippen LogP contribution in [0.4, 0.5) is 0 Å². The zero-order valence-corrected chi connectivity index (χ0v) is 17.8. The van der Waals surface area contributed by atoms with Gasteiger partial charge in [-0.25, -0.2) is 0 Å². The van der Waals surface area contributed by atoms with Gasteiger partial charge in [0.25, 0.3) is 11.7 Å². The van der Waals surface area contributed by atoms with E-state index >= 15 is 0 Å². The lowest BCUT2D eigenvalue weighted by Gasteiger charge is -2.29. The minimum atomic E-state index is -0.675. The second-order valence-electron chi connectivity index (χ2n) is 7.89. The molecule has 1 atom stereocenters. The van der Waals surface area contributed by atoms with Gasteiger partial charge in [-0.1, -0.05) is 0 Å². The van der Waals surface area contributed by atoms with Crippen molar-refractivity contribution in [2.24, 2.45) is 0 Å². The van der Waals surface area contributed by atoms with E-state index in [-0.39, 0.29) is 11.3 Å². The first-order chi connectivity index (χ1) is 15.0. The second-order valence-corrected chi connectivity index (χ2v) is 7.89. The van der Waals surface area contributed by atoms with Crippen molar-refractivity contribution in [1.29, 1.82) is 0 Å². The van der Waals surface area contributed by atoms with E-state index < -0.39 is 17.7 Å². The summed E-state index contributed by atoms with van der Waals surface area (Å²) < 4.78 is 5.38. The van der Waals surface area contributed by atoms with Gasteiger partial charge in [-0.2, -0.15) is 5.10 Å². The number of hydrogen-bond donors (Lipinski definition) is 2. The number of H-pyrrole nitrogens is 1. The SMILES string of the molecule is Cc1n[nH]c(C)c1C(O)=C1C(=O)C(=O)N(CCCN2CCOCC2)[C@H]1c1ccncc1. The van der Waals surface area contributed by atoms with E-state index in [1.165, 1.54) is 0 Å². The number of nitrogens with one attached hydrogen (secondary N) is 1. The number of likely N-dealkylation sites (tertiary alicyclic amines) is 1. The van der Waals surface area contributed by atoms with Crippen molar-refractivity contribution in [2.75, 3.05) is 39.4 Å². The molecule has 0 saturated carbocycles. The third-order valence-electron chi connectivity index (χ3n) is 5.90. The summed E-state index contributed by atoms with van der Waals surface area (Å²) in [6.07, 6.45) is 3.97. The Bertz CT molecular complexity index is 975. The molecule has 2 aliphatic heterocycles. The number of ether oxygens (including phenoxy) is 1. The number of aliphatic hydroxyl groups excluding tert-OH is 1. The average Bonchev–Trinajstić information content (AvgIpc) is 3.25. The number of nitrogens with zero attached hydrogens (tertiary/aromatic N) is 4. The highest BCUT2D eigenvalue weighted by Crippen LogP contribution is 2.40. The molecule has 4 rings (SSSR count). The lowest BCUT2D eigenvalue weighted by molar-refractivity contribution is -0.140. The lowest BCUT2D eigenvalue weighted by atomic mass is 9.95. The Labute approximate surface area is 180 Å². The number of morpholine rings is 1. The van der Waals surface area contributed by atoms with Crippen molar-refractivity contribution in [3.8, 4) is 0 Å². The van der Waals surface area contributed by atoms with E-state index in [0.29, 0.717) is 36.7 Å². The summed E-state index contributed by atoms with van der Waals surface area (Å²) in [5.41, 5.74) is 2.51. The van der Waals surface area contributed by atoms with Gasteiger partial charge < -0.3 is 14.7 Å². The molecule has 2 aromatic heterocycles. The molecule has 0 bridgehead atoms. The smallest absolute Gasteiger partial charge is 0.295 e. The van der Waals surface area contributed by atoms with E-state index in [4.69, 9.17) is 4.74 Å². The van der Waals surface area contributed by atoms with Crippen LogP contribution < -0.4 is 0 Å². The normalized spacial score (nSPS) is 21.7. The van der Waals surface area contributed by atoms with Crippen LogP contribution in [0.3, 0.4) is 0 Å². The number of hydrogen-bond acceptors (Lipinski definition) is 7. The predicted octanol–water partition coefficient (Wildman–Crippen LogP) is 1.57. The number of carbonyl (C=O) groups is 2. The second kappa shape index (κ2) is 8.99. The molecule has 0 unspecified atom stereocenters. The molecule has 2 aromatic rings. The highest BCUT2D eigenvalue weighted by atomic mass is 16.5. The maximum atomic E-state index is 13.0. The van der Waals surface area contributed by atoms with Crippen LogP contribution in [0.2, 0.25) is 0 Å². The molecule has 31 heavy (non-hydrogen) atoms. The zero-order chi connectivity index (χ0) is 22.0. The van der Waals surface area contributed by atoms with Crippen molar-refractivity contribution in [3.05, 3.63) is 52.6 Å². The number of aromatic amines is 1. The number of rotatable bonds is 6. The molecular formula is C22H27N5O4. The van der Waals surface area contributed by atoms with E-state index in [1.807, 2.05) is 0 Å². The van der Waals surface area contributed by atoms with Crippen molar-refractivity contribution in [1.82, 2.24) is 25.0 Å². The van der Waals surface area contributed by atoms with Crippen LogP contribution in [0.25, 0.3) is 5.76 Å². The highest BCUT2D eigenvalue weighted by molar-refractivity contribution is 6.46. The van der Waals surface area contributed by atoms with E-state index in [1.54, 1.807) is 43.3 Å². The summed E-state index contributed by atoms with van der Waals surface area (Å²) >= 11 is 0. The molecule has 0 radical (unpaired) electrons. The van der Waals surface area contributed by atoms with Crippen molar-refractivity contribution in [3.63, 3.8) is 0 Å². The molecule has 2 fully saturated rings. The molecule has 9 nitrogen and oxygen atoms in total. The number of aromatic nitrogens is 3. The van der Waals surface area contributed by atoms with Gasteiger partial charge >= 0.3 is 0 Å². The van der Waals surface area contributed by atoms with E-state index in [2.05, 4.69) is 20.1 Å². The Hall–Kier alpha value is -3.04. The Morgan fingerprint density at radius 3 is 2.55 bits per heavy atom. The third-order valence-corrected chi connectivity index (χ3v) is 5.90. The number of Topliss-reactive ketones (excluding diaryl/α,β-unsaturated/α-hetero) is 1. The summed E-state index contributed by atoms with van der Waals surface area (Å²) in [7, 11) is 0. The summed E-state index contributed by atoms with van der Waals surface area (Å²) in [4.78, 5) is 33.9. The Morgan fingerprint density at radius 2 is 1.90 bits per heavy atom. The van der Waals surface area contributed by atoms with Crippen molar-refractivity contribution in [2.45, 2.75) is 26.3 Å². The van der Waals surface area contributed by atoms with Gasteiger partial charge in [0.1, 0.15) is 5.76 Å². The molecular weight excluding hydrogens is 398 g/mol. The first-order valence-corrected chi connectivity index (χ1v) is 10.5. The number of carbonyl (C=O) groups excluding carboxylic acids is 2. The van der Waals surface area contributed by atoms with Crippen LogP contribution in [-0.2, 0) is 14.3 Å². The molecule has 0 aromatic carbocycles. The maximum Gasteiger partial charge on any atom is 0.295 e. The van der Waals surface area contributed by atoms with Gasteiger partial charge in [-0.15, -0.1) is 0 Å². The number of pyridine rings is 1. The standard InChI is InChI=1S/C22H27N5O4/c1-14-17(15(2)25-24-14)20(28)18-19(16-4-6-23-7-5-16)27(22(30)21(18)29)9-3-8-26-10-12-31-13-11-26/h4-7,19,28H,3,8-13H2,1-2H3,(H,24,25)/t19-/m0/s1. The van der Waals surface area contributed by atoms with Crippen LogP contribution in [0, 0.1) is 13.8 Å². The Morgan fingerprint density at radius 1 is 1.19 bits per heavy atom. The van der Waals surface area contributed by atoms with Crippen LogP contribution in [0.1, 0.15) is 35.0 Å². The minimum Gasteiger partial charge on any atom is -0.507 e. The lowest BCUT2D eigenvalue weighted by Crippen LogP contribution is -2.38. The van der Waals surface area contributed by atoms with Crippen LogP contribution in [0.5, 0.6) is 0 Å². The number of aryl methyl sites for hydroxylation is 2. The molecule has 1 amide bonds. The zero-order valence-electron chi connectivity index (χ0n) is 17.8. The third kappa shape index (κ3) is 4.11. The van der Waals surface area contributed by atoms with Gasteiger partial charge in [-0.3, -0.25) is 24.6 Å². The fourth-order valence-corrected chi connectivity index (χ4v) is 4.33. The Balaban J connectivity index is 1.67. The van der Waals surface area contributed by atoms with Gasteiger partial charge in [0.05, 0.1) is 36.1 Å². The topological polar surface area (TPSA) is 112 Å². The van der Waals surface area contributed by atoms with E-state index in [9.17, 15) is 14.7 Å². The van der Waals surface area contributed by atoms with Crippen LogP contribution in [-0.4, -0.2) is 81.2 Å². The van der Waals surface area contributed by atoms with Crippen LogP contribution in [0.15, 0.2) is 30.1 Å². The van der Waals surface area contributed by atoms with Gasteiger partial charge in [-0.05, 0) is 38.0 Å². The first kappa shape index (κ1) is 21.2. The molecule has 0 spiro atoms. The monoisotopic (exact) mass is 425 g/mol. The minimum absolute atomic E-state index is 0.0928. The molecule has 2 N–H and O–H groups in total. The molecule has 4 heterocycles. The Kier molecular flexibility index (Phi) is 6.15. The summed E-state index contributed by atoms with van der Waals surface area (Å²) in [5.74, 6) is -1.46. The number of ketones is 1. The summed E-state index contributed by atoms with van der Waals surface area (Å²) in [6.45, 7) is 7.91. The molecule has 164 valence electrons. The molecule has 0 aliphatic carbocycles. The summed E-state index contributed by atoms with van der Waals surface area (Å²) in [6, 6.07) is 2.88. The molecule has 2 aliphatic rings. The van der Waals surface area contributed by atoms with Gasteiger partial charge in [0, 0.05) is 44.3 Å². The highest BCUT2D eigenvalue weighted by Gasteiger charge is 2.46. The molecule has 2 saturated heterocycles. The summed E-state index contributed by atoms with van der Waals surface area (Å²) in [5, 5.41) is 18.1. The maximum absolute atomic E-state index is 13.0. The molecule has 9 heteroatoms. The average molecular weight is 425 g/mol. The fraction of sp³-hybridized carbons (Fsp3) is 0.455. The largest absolute Gasteiger partial charge is 0.507 e. The predicted molar refractivity (Wildman–Crippen MR) is 113 cm³/mol. The van der Waals surface area contributed by atoms with E-state index in [0.717, 1.165) is 31.6 Å². The number of aliphatic hydroxyl groups is 1. The first-order valence-electron chi connectivity index (χ1n) is 10.5.